The number of carbonyl (C=O) groups excluding carboxylic acids is 1. The number of nitrogens with two attached hydrogens (primary N) is 1. The lowest BCUT2D eigenvalue weighted by Gasteiger charge is -2.09. The lowest BCUT2D eigenvalue weighted by atomic mass is 10.1. The van der Waals surface area contributed by atoms with Gasteiger partial charge in [-0.1, -0.05) is 42.5 Å². The first-order valence-electron chi connectivity index (χ1n) is 6.80. The minimum atomic E-state index is -0.155. The standard InChI is InChI=1S/C18H16N2O/c1-12-9-10-14(11-16(12)19)18(21)20-17-8-4-6-13-5-2-3-7-15(13)17/h2-11H,19H2,1H3,(H,20,21). The van der Waals surface area contributed by atoms with Crippen molar-refractivity contribution in [2.24, 2.45) is 0 Å². The van der Waals surface area contributed by atoms with Crippen molar-refractivity contribution in [3.05, 3.63) is 71.8 Å². The number of anilines is 2. The Balaban J connectivity index is 1.94. The van der Waals surface area contributed by atoms with Gasteiger partial charge in [-0.2, -0.15) is 0 Å². The van der Waals surface area contributed by atoms with E-state index >= 15 is 0 Å². The average Bonchev–Trinajstić information content (AvgIpc) is 2.50. The summed E-state index contributed by atoms with van der Waals surface area (Å²) in [6.45, 7) is 1.92. The summed E-state index contributed by atoms with van der Waals surface area (Å²) < 4.78 is 0. The van der Waals surface area contributed by atoms with E-state index in [-0.39, 0.29) is 5.91 Å². The van der Waals surface area contributed by atoms with Crippen LogP contribution in [0, 0.1) is 6.92 Å². The van der Waals surface area contributed by atoms with E-state index in [2.05, 4.69) is 5.32 Å². The highest BCUT2D eigenvalue weighted by molar-refractivity contribution is 6.09. The second kappa shape index (κ2) is 5.29. The molecule has 3 aromatic carbocycles. The van der Waals surface area contributed by atoms with Gasteiger partial charge in [-0.15, -0.1) is 0 Å². The molecule has 21 heavy (non-hydrogen) atoms. The minimum Gasteiger partial charge on any atom is -0.398 e. The zero-order valence-electron chi connectivity index (χ0n) is 11.8. The van der Waals surface area contributed by atoms with Gasteiger partial charge >= 0.3 is 0 Å². The highest BCUT2D eigenvalue weighted by Crippen LogP contribution is 2.24. The molecule has 0 unspecified atom stereocenters. The number of aryl methyl sites for hydroxylation is 1. The van der Waals surface area contributed by atoms with Crippen LogP contribution < -0.4 is 11.1 Å². The molecule has 0 bridgehead atoms. The molecule has 3 N–H and O–H groups in total. The van der Waals surface area contributed by atoms with Gasteiger partial charge in [0, 0.05) is 22.3 Å². The lowest BCUT2D eigenvalue weighted by Crippen LogP contribution is -2.12. The lowest BCUT2D eigenvalue weighted by molar-refractivity contribution is 0.102. The fourth-order valence-corrected chi connectivity index (χ4v) is 2.31. The predicted octanol–water partition coefficient (Wildman–Crippen LogP) is 3.98. The van der Waals surface area contributed by atoms with E-state index < -0.39 is 0 Å². The molecule has 0 aromatic heterocycles. The van der Waals surface area contributed by atoms with E-state index in [1.54, 1.807) is 12.1 Å². The minimum absolute atomic E-state index is 0.155. The molecule has 3 rings (SSSR count). The SMILES string of the molecule is Cc1ccc(C(=O)Nc2cccc3ccccc23)cc1N. The Morgan fingerprint density at radius 2 is 1.76 bits per heavy atom. The van der Waals surface area contributed by atoms with E-state index in [0.29, 0.717) is 11.3 Å². The largest absolute Gasteiger partial charge is 0.398 e. The molecule has 104 valence electrons. The molecule has 0 spiro atoms. The van der Waals surface area contributed by atoms with Crippen LogP contribution in [-0.4, -0.2) is 5.91 Å². The first-order valence-corrected chi connectivity index (χ1v) is 6.80. The third-order valence-corrected chi connectivity index (χ3v) is 3.58. The van der Waals surface area contributed by atoms with Crippen molar-refractivity contribution in [2.45, 2.75) is 6.92 Å². The molecule has 0 aliphatic heterocycles. The number of carbonyl (C=O) groups is 1. The van der Waals surface area contributed by atoms with Crippen LogP contribution >= 0.6 is 0 Å². The van der Waals surface area contributed by atoms with E-state index in [0.717, 1.165) is 22.0 Å². The van der Waals surface area contributed by atoms with E-state index in [9.17, 15) is 4.79 Å². The summed E-state index contributed by atoms with van der Waals surface area (Å²) in [5.41, 5.74) is 8.82. The first-order chi connectivity index (χ1) is 10.1. The predicted molar refractivity (Wildman–Crippen MR) is 87.5 cm³/mol. The Hall–Kier alpha value is -2.81. The molecule has 0 saturated heterocycles. The average molecular weight is 276 g/mol. The maximum Gasteiger partial charge on any atom is 0.255 e. The number of amides is 1. The Labute approximate surface area is 123 Å². The molecule has 0 radical (unpaired) electrons. The van der Waals surface area contributed by atoms with Crippen LogP contribution in [0.3, 0.4) is 0 Å². The van der Waals surface area contributed by atoms with Crippen molar-refractivity contribution in [1.29, 1.82) is 0 Å². The van der Waals surface area contributed by atoms with E-state index in [4.69, 9.17) is 5.73 Å². The van der Waals surface area contributed by atoms with Crippen LogP contribution in [-0.2, 0) is 0 Å². The van der Waals surface area contributed by atoms with Gasteiger partial charge in [0.05, 0.1) is 0 Å². The van der Waals surface area contributed by atoms with Gasteiger partial charge in [-0.3, -0.25) is 4.79 Å². The van der Waals surface area contributed by atoms with Crippen molar-refractivity contribution in [3.63, 3.8) is 0 Å². The van der Waals surface area contributed by atoms with Crippen LogP contribution in [0.1, 0.15) is 15.9 Å². The van der Waals surface area contributed by atoms with E-state index in [1.165, 1.54) is 0 Å². The van der Waals surface area contributed by atoms with Gasteiger partial charge in [0.1, 0.15) is 0 Å². The van der Waals surface area contributed by atoms with Crippen molar-refractivity contribution in [3.8, 4) is 0 Å². The van der Waals surface area contributed by atoms with Gasteiger partial charge in [-0.05, 0) is 36.1 Å². The summed E-state index contributed by atoms with van der Waals surface area (Å²) in [6.07, 6.45) is 0. The molecule has 0 aliphatic carbocycles. The molecule has 0 heterocycles. The third kappa shape index (κ3) is 2.58. The van der Waals surface area contributed by atoms with Crippen LogP contribution in [0.25, 0.3) is 10.8 Å². The smallest absolute Gasteiger partial charge is 0.255 e. The second-order valence-corrected chi connectivity index (χ2v) is 5.05. The third-order valence-electron chi connectivity index (χ3n) is 3.58. The van der Waals surface area contributed by atoms with Gasteiger partial charge in [0.25, 0.3) is 5.91 Å². The second-order valence-electron chi connectivity index (χ2n) is 5.05. The van der Waals surface area contributed by atoms with Gasteiger partial charge in [-0.25, -0.2) is 0 Å². The molecule has 3 aromatic rings. The Bertz CT molecular complexity index is 819. The molecule has 0 saturated carbocycles. The van der Waals surface area contributed by atoms with Crippen LogP contribution in [0.15, 0.2) is 60.7 Å². The zero-order valence-corrected chi connectivity index (χ0v) is 11.8. The molecular formula is C18H16N2O. The molecule has 1 amide bonds. The molecular weight excluding hydrogens is 260 g/mol. The fourth-order valence-electron chi connectivity index (χ4n) is 2.31. The Morgan fingerprint density at radius 1 is 1.00 bits per heavy atom. The Morgan fingerprint density at radius 3 is 2.57 bits per heavy atom. The fraction of sp³-hybridized carbons (Fsp3) is 0.0556. The van der Waals surface area contributed by atoms with Crippen molar-refractivity contribution in [1.82, 2.24) is 0 Å². The highest BCUT2D eigenvalue weighted by atomic mass is 16.1. The maximum atomic E-state index is 12.4. The summed E-state index contributed by atoms with van der Waals surface area (Å²) >= 11 is 0. The molecule has 3 nitrogen and oxygen atoms in total. The summed E-state index contributed by atoms with van der Waals surface area (Å²) in [7, 11) is 0. The highest BCUT2D eigenvalue weighted by Gasteiger charge is 2.09. The topological polar surface area (TPSA) is 55.1 Å². The molecule has 3 heteroatoms. The summed E-state index contributed by atoms with van der Waals surface area (Å²) in [5, 5.41) is 5.07. The number of fused-ring (bicyclic) bond motifs is 1. The summed E-state index contributed by atoms with van der Waals surface area (Å²) in [4.78, 5) is 12.4. The number of hydrogen-bond acceptors (Lipinski definition) is 2. The number of nitrogens with one attached hydrogen (secondary N) is 1. The number of rotatable bonds is 2. The van der Waals surface area contributed by atoms with Gasteiger partial charge < -0.3 is 11.1 Å². The number of hydrogen-bond donors (Lipinski definition) is 2. The van der Waals surface area contributed by atoms with Crippen molar-refractivity contribution < 1.29 is 4.79 Å². The quantitative estimate of drug-likeness (QED) is 0.695. The molecule has 0 atom stereocenters. The van der Waals surface area contributed by atoms with Crippen LogP contribution in [0.5, 0.6) is 0 Å². The maximum absolute atomic E-state index is 12.4. The molecule has 0 fully saturated rings. The Kier molecular flexibility index (Phi) is 3.32. The molecule has 0 aliphatic rings. The summed E-state index contributed by atoms with van der Waals surface area (Å²) in [6, 6.07) is 19.2. The van der Waals surface area contributed by atoms with E-state index in [1.807, 2.05) is 55.5 Å². The van der Waals surface area contributed by atoms with Gasteiger partial charge in [0.15, 0.2) is 0 Å². The van der Waals surface area contributed by atoms with Crippen LogP contribution in [0.4, 0.5) is 11.4 Å². The first kappa shape index (κ1) is 13.2. The van der Waals surface area contributed by atoms with Crippen LogP contribution in [0.2, 0.25) is 0 Å². The number of nitrogen functional groups attached to an aromatic ring is 1. The van der Waals surface area contributed by atoms with Gasteiger partial charge in [0.2, 0.25) is 0 Å². The zero-order chi connectivity index (χ0) is 14.8. The monoisotopic (exact) mass is 276 g/mol. The normalized spacial score (nSPS) is 10.5. The van der Waals surface area contributed by atoms with Crippen molar-refractivity contribution >= 4 is 28.1 Å². The summed E-state index contributed by atoms with van der Waals surface area (Å²) in [5.74, 6) is -0.155. The number of benzene rings is 3. The van der Waals surface area contributed by atoms with Crippen molar-refractivity contribution in [2.75, 3.05) is 11.1 Å².